The van der Waals surface area contributed by atoms with E-state index in [2.05, 4.69) is 27.8 Å². The second-order valence-corrected chi connectivity index (χ2v) is 6.42. The van der Waals surface area contributed by atoms with E-state index >= 15 is 0 Å². The van der Waals surface area contributed by atoms with Crippen LogP contribution in [-0.4, -0.2) is 27.7 Å². The molecule has 0 bridgehead atoms. The van der Waals surface area contributed by atoms with E-state index in [1.165, 1.54) is 19.3 Å². The van der Waals surface area contributed by atoms with Crippen LogP contribution >= 0.6 is 11.8 Å². The first-order valence-corrected chi connectivity index (χ1v) is 7.95. The van der Waals surface area contributed by atoms with E-state index in [0.717, 1.165) is 23.1 Å². The number of hydrogen-bond acceptors (Lipinski definition) is 5. The molecule has 1 aliphatic carbocycles. The Morgan fingerprint density at radius 1 is 1.35 bits per heavy atom. The normalized spacial score (nSPS) is 16.4. The molecule has 0 spiro atoms. The molecule has 20 heavy (non-hydrogen) atoms. The molecule has 1 N–H and O–H groups in total. The number of nitriles is 1. The van der Waals surface area contributed by atoms with Gasteiger partial charge in [0.15, 0.2) is 5.69 Å². The fourth-order valence-electron chi connectivity index (χ4n) is 2.58. The lowest BCUT2D eigenvalue weighted by Crippen LogP contribution is -2.40. The van der Waals surface area contributed by atoms with Crippen molar-refractivity contribution in [3.63, 3.8) is 0 Å². The van der Waals surface area contributed by atoms with E-state index in [1.54, 1.807) is 0 Å². The van der Waals surface area contributed by atoms with E-state index in [0.29, 0.717) is 10.4 Å². The summed E-state index contributed by atoms with van der Waals surface area (Å²) < 4.78 is 0.317. The second kappa shape index (κ2) is 5.29. The summed E-state index contributed by atoms with van der Waals surface area (Å²) in [6.45, 7) is 0.874. The zero-order chi connectivity index (χ0) is 14.0. The van der Waals surface area contributed by atoms with Crippen LogP contribution in [0.2, 0.25) is 0 Å². The van der Waals surface area contributed by atoms with Gasteiger partial charge in [0.05, 0.1) is 11.2 Å². The van der Waals surface area contributed by atoms with Gasteiger partial charge in [-0.3, -0.25) is 0 Å². The molecule has 2 aromatic rings. The zero-order valence-corrected chi connectivity index (χ0v) is 12.2. The highest BCUT2D eigenvalue weighted by Gasteiger charge is 2.36. The molecule has 1 fully saturated rings. The predicted octanol–water partition coefficient (Wildman–Crippen LogP) is 3.20. The Kier molecular flexibility index (Phi) is 3.49. The van der Waals surface area contributed by atoms with Crippen LogP contribution in [0.15, 0.2) is 24.3 Å². The monoisotopic (exact) mass is 284 g/mol. The SMILES string of the molecule is CSC1(CNc2c(C#N)nnc3ccccc23)CCC1. The molecule has 0 aliphatic heterocycles. The van der Waals surface area contributed by atoms with Gasteiger partial charge in [0.25, 0.3) is 0 Å². The third-order valence-electron chi connectivity index (χ3n) is 4.06. The summed E-state index contributed by atoms with van der Waals surface area (Å²) in [5.41, 5.74) is 2.01. The summed E-state index contributed by atoms with van der Waals surface area (Å²) in [6, 6.07) is 9.93. The topological polar surface area (TPSA) is 61.6 Å². The molecule has 0 saturated heterocycles. The zero-order valence-electron chi connectivity index (χ0n) is 11.4. The maximum absolute atomic E-state index is 9.24. The van der Waals surface area contributed by atoms with Crippen molar-refractivity contribution in [1.82, 2.24) is 10.2 Å². The minimum Gasteiger partial charge on any atom is -0.381 e. The first-order chi connectivity index (χ1) is 9.78. The van der Waals surface area contributed by atoms with Gasteiger partial charge in [-0.25, -0.2) is 0 Å². The van der Waals surface area contributed by atoms with Gasteiger partial charge in [-0.1, -0.05) is 24.6 Å². The van der Waals surface area contributed by atoms with Crippen molar-refractivity contribution in [2.45, 2.75) is 24.0 Å². The van der Waals surface area contributed by atoms with E-state index < -0.39 is 0 Å². The Hall–Kier alpha value is -1.80. The number of nitrogens with one attached hydrogen (secondary N) is 1. The van der Waals surface area contributed by atoms with Crippen molar-refractivity contribution in [2.75, 3.05) is 18.1 Å². The number of fused-ring (bicyclic) bond motifs is 1. The molecule has 1 saturated carbocycles. The third kappa shape index (κ3) is 2.20. The predicted molar refractivity (Wildman–Crippen MR) is 82.8 cm³/mol. The highest BCUT2D eigenvalue weighted by Crippen LogP contribution is 2.43. The Labute approximate surface area is 122 Å². The molecule has 3 rings (SSSR count). The largest absolute Gasteiger partial charge is 0.381 e. The van der Waals surface area contributed by atoms with E-state index in [9.17, 15) is 5.26 Å². The molecule has 0 radical (unpaired) electrons. The standard InChI is InChI=1S/C15H16N4S/c1-20-15(7-4-8-15)10-17-14-11-5-2-3-6-12(11)18-19-13(14)9-16/h2-3,5-6H,4,7-8,10H2,1H3,(H,17,18). The molecule has 4 nitrogen and oxygen atoms in total. The van der Waals surface area contributed by atoms with Crippen LogP contribution in [0.3, 0.4) is 0 Å². The number of hydrogen-bond donors (Lipinski definition) is 1. The third-order valence-corrected chi connectivity index (χ3v) is 5.48. The molecule has 1 aromatic heterocycles. The van der Waals surface area contributed by atoms with Gasteiger partial charge in [0.1, 0.15) is 6.07 Å². The average molecular weight is 284 g/mol. The minimum absolute atomic E-state index is 0.317. The van der Waals surface area contributed by atoms with Crippen LogP contribution in [0.5, 0.6) is 0 Å². The smallest absolute Gasteiger partial charge is 0.186 e. The lowest BCUT2D eigenvalue weighted by Gasteiger charge is -2.40. The van der Waals surface area contributed by atoms with Gasteiger partial charge in [-0.05, 0) is 25.2 Å². The summed E-state index contributed by atoms with van der Waals surface area (Å²) in [5.74, 6) is 0. The molecular formula is C15H16N4S. The van der Waals surface area contributed by atoms with Crippen LogP contribution in [-0.2, 0) is 0 Å². The Morgan fingerprint density at radius 2 is 2.15 bits per heavy atom. The molecule has 1 heterocycles. The molecular weight excluding hydrogens is 268 g/mol. The van der Waals surface area contributed by atoms with Crippen LogP contribution in [0.25, 0.3) is 10.9 Å². The molecule has 1 aromatic carbocycles. The second-order valence-electron chi connectivity index (χ2n) is 5.15. The number of anilines is 1. The molecule has 0 amide bonds. The van der Waals surface area contributed by atoms with Gasteiger partial charge in [0, 0.05) is 16.7 Å². The molecule has 1 aliphatic rings. The maximum Gasteiger partial charge on any atom is 0.186 e. The Bertz CT molecular complexity index is 668. The maximum atomic E-state index is 9.24. The number of thioether (sulfide) groups is 1. The van der Waals surface area contributed by atoms with Gasteiger partial charge < -0.3 is 5.32 Å². The van der Waals surface area contributed by atoms with E-state index in [1.807, 2.05) is 36.0 Å². The van der Waals surface area contributed by atoms with Crippen LogP contribution in [0.1, 0.15) is 25.0 Å². The molecule has 102 valence electrons. The summed E-state index contributed by atoms with van der Waals surface area (Å²) in [6.07, 6.45) is 5.93. The average Bonchev–Trinajstić information content (AvgIpc) is 2.46. The van der Waals surface area contributed by atoms with E-state index in [-0.39, 0.29) is 0 Å². The summed E-state index contributed by atoms with van der Waals surface area (Å²) >= 11 is 1.92. The van der Waals surface area contributed by atoms with Gasteiger partial charge in [-0.2, -0.15) is 17.0 Å². The van der Waals surface area contributed by atoms with Crippen molar-refractivity contribution in [2.24, 2.45) is 0 Å². The van der Waals surface area contributed by atoms with Crippen LogP contribution in [0, 0.1) is 11.3 Å². The number of aromatic nitrogens is 2. The fourth-order valence-corrected chi connectivity index (χ4v) is 3.50. The Morgan fingerprint density at radius 3 is 2.80 bits per heavy atom. The molecule has 0 atom stereocenters. The number of benzene rings is 1. The lowest BCUT2D eigenvalue weighted by atomic mass is 9.84. The van der Waals surface area contributed by atoms with E-state index in [4.69, 9.17) is 0 Å². The molecule has 0 unspecified atom stereocenters. The van der Waals surface area contributed by atoms with Crippen molar-refractivity contribution in [1.29, 1.82) is 5.26 Å². The van der Waals surface area contributed by atoms with Crippen molar-refractivity contribution in [3.8, 4) is 6.07 Å². The summed E-state index contributed by atoms with van der Waals surface area (Å²) in [7, 11) is 0. The minimum atomic E-state index is 0.317. The van der Waals surface area contributed by atoms with Crippen LogP contribution in [0.4, 0.5) is 5.69 Å². The van der Waals surface area contributed by atoms with Gasteiger partial charge in [-0.15, -0.1) is 10.2 Å². The van der Waals surface area contributed by atoms with Gasteiger partial charge >= 0.3 is 0 Å². The summed E-state index contributed by atoms with van der Waals surface area (Å²) in [5, 5.41) is 21.8. The van der Waals surface area contributed by atoms with Crippen LogP contribution < -0.4 is 5.32 Å². The lowest BCUT2D eigenvalue weighted by molar-refractivity contribution is 0.380. The Balaban J connectivity index is 1.95. The van der Waals surface area contributed by atoms with Crippen molar-refractivity contribution < 1.29 is 0 Å². The first kappa shape index (κ1) is 13.2. The van der Waals surface area contributed by atoms with Crippen molar-refractivity contribution >= 4 is 28.4 Å². The fraction of sp³-hybridized carbons (Fsp3) is 0.400. The highest BCUT2D eigenvalue weighted by molar-refractivity contribution is 8.00. The van der Waals surface area contributed by atoms with Gasteiger partial charge in [0.2, 0.25) is 0 Å². The number of rotatable bonds is 4. The molecule has 5 heteroatoms. The number of nitrogens with zero attached hydrogens (tertiary/aromatic N) is 3. The quantitative estimate of drug-likeness (QED) is 0.934. The highest BCUT2D eigenvalue weighted by atomic mass is 32.2. The first-order valence-electron chi connectivity index (χ1n) is 6.72. The van der Waals surface area contributed by atoms with Crippen molar-refractivity contribution in [3.05, 3.63) is 30.0 Å². The summed E-state index contributed by atoms with van der Waals surface area (Å²) in [4.78, 5) is 0.